The number of rotatable bonds is 7. The van der Waals surface area contributed by atoms with Crippen molar-refractivity contribution in [2.45, 2.75) is 17.1 Å². The second-order valence-corrected chi connectivity index (χ2v) is 6.96. The highest BCUT2D eigenvalue weighted by atomic mass is 32.2. The molecule has 1 N–H and O–H groups in total. The van der Waals surface area contributed by atoms with Crippen LogP contribution in [0.15, 0.2) is 83.8 Å². The van der Waals surface area contributed by atoms with Crippen LogP contribution in [-0.4, -0.2) is 12.5 Å². The first-order chi connectivity index (χ1) is 13.2. The van der Waals surface area contributed by atoms with Crippen molar-refractivity contribution in [3.8, 4) is 5.75 Å². The summed E-state index contributed by atoms with van der Waals surface area (Å²) in [5.41, 5.74) is 1.50. The SMILES string of the molecule is CCOc1ccccc1NC(=O)[C@@H](Sc1ccc(F)cc1)c1ccccc1. The van der Waals surface area contributed by atoms with E-state index in [1.54, 1.807) is 12.1 Å². The molecule has 3 rings (SSSR count). The number of nitrogens with one attached hydrogen (secondary N) is 1. The Balaban J connectivity index is 1.86. The van der Waals surface area contributed by atoms with Gasteiger partial charge in [-0.1, -0.05) is 42.5 Å². The molecule has 0 unspecified atom stereocenters. The van der Waals surface area contributed by atoms with E-state index in [1.165, 1.54) is 23.9 Å². The fourth-order valence-electron chi connectivity index (χ4n) is 2.60. The van der Waals surface area contributed by atoms with Gasteiger partial charge in [0.1, 0.15) is 16.8 Å². The van der Waals surface area contributed by atoms with Gasteiger partial charge in [-0.25, -0.2) is 4.39 Å². The van der Waals surface area contributed by atoms with Crippen molar-refractivity contribution < 1.29 is 13.9 Å². The topological polar surface area (TPSA) is 38.3 Å². The summed E-state index contributed by atoms with van der Waals surface area (Å²) in [5, 5.41) is 2.49. The second-order valence-electron chi connectivity index (χ2n) is 5.78. The van der Waals surface area contributed by atoms with Gasteiger partial charge in [-0.3, -0.25) is 4.79 Å². The van der Waals surface area contributed by atoms with Gasteiger partial charge in [0.15, 0.2) is 0 Å². The molecule has 3 aromatic carbocycles. The van der Waals surface area contributed by atoms with Gasteiger partial charge < -0.3 is 10.1 Å². The number of halogens is 1. The van der Waals surface area contributed by atoms with E-state index in [0.29, 0.717) is 18.0 Å². The fraction of sp³-hybridized carbons (Fsp3) is 0.136. The Kier molecular flexibility index (Phi) is 6.49. The highest BCUT2D eigenvalue weighted by molar-refractivity contribution is 8.00. The van der Waals surface area contributed by atoms with Crippen molar-refractivity contribution in [1.82, 2.24) is 0 Å². The molecule has 0 fully saturated rings. The Hall–Kier alpha value is -2.79. The number of ether oxygens (including phenoxy) is 1. The number of amides is 1. The Morgan fingerprint density at radius 2 is 1.67 bits per heavy atom. The van der Waals surface area contributed by atoms with Crippen molar-refractivity contribution in [2.75, 3.05) is 11.9 Å². The third-order valence-electron chi connectivity index (χ3n) is 3.85. The summed E-state index contributed by atoms with van der Waals surface area (Å²) in [5.74, 6) is 0.167. The molecule has 0 aliphatic heterocycles. The van der Waals surface area contributed by atoms with Crippen LogP contribution >= 0.6 is 11.8 Å². The minimum absolute atomic E-state index is 0.164. The molecule has 0 spiro atoms. The molecular formula is C22H20FNO2S. The Morgan fingerprint density at radius 1 is 1.00 bits per heavy atom. The standard InChI is InChI=1S/C22H20FNO2S/c1-2-26-20-11-7-6-10-19(20)24-22(25)21(16-8-4-3-5-9-16)27-18-14-12-17(23)13-15-18/h3-15,21H,2H2,1H3,(H,24,25)/t21-/m0/s1. The van der Waals surface area contributed by atoms with Crippen LogP contribution < -0.4 is 10.1 Å². The van der Waals surface area contributed by atoms with Crippen LogP contribution in [0.2, 0.25) is 0 Å². The van der Waals surface area contributed by atoms with E-state index in [0.717, 1.165) is 10.5 Å². The fourth-order valence-corrected chi connectivity index (χ4v) is 3.62. The summed E-state index contributed by atoms with van der Waals surface area (Å²) in [4.78, 5) is 13.9. The average molecular weight is 381 g/mol. The van der Waals surface area contributed by atoms with Crippen LogP contribution in [0.3, 0.4) is 0 Å². The van der Waals surface area contributed by atoms with E-state index in [4.69, 9.17) is 4.74 Å². The third-order valence-corrected chi connectivity index (χ3v) is 5.12. The lowest BCUT2D eigenvalue weighted by atomic mass is 10.1. The van der Waals surface area contributed by atoms with Gasteiger partial charge >= 0.3 is 0 Å². The van der Waals surface area contributed by atoms with Crippen molar-refractivity contribution in [3.63, 3.8) is 0 Å². The molecule has 3 aromatic rings. The maximum atomic E-state index is 13.2. The van der Waals surface area contributed by atoms with Crippen LogP contribution in [0.25, 0.3) is 0 Å². The Labute approximate surface area is 162 Å². The van der Waals surface area contributed by atoms with Crippen LogP contribution in [0, 0.1) is 5.82 Å². The van der Waals surface area contributed by atoms with Gasteiger partial charge in [-0.05, 0) is 48.9 Å². The van der Waals surface area contributed by atoms with Gasteiger partial charge in [0.2, 0.25) is 5.91 Å². The summed E-state index contributed by atoms with van der Waals surface area (Å²) >= 11 is 1.38. The van der Waals surface area contributed by atoms with Crippen LogP contribution in [0.1, 0.15) is 17.7 Å². The zero-order valence-corrected chi connectivity index (χ0v) is 15.7. The lowest BCUT2D eigenvalue weighted by Crippen LogP contribution is -2.19. The van der Waals surface area contributed by atoms with E-state index in [-0.39, 0.29) is 11.7 Å². The number of hydrogen-bond acceptors (Lipinski definition) is 3. The number of anilines is 1. The quantitative estimate of drug-likeness (QED) is 0.534. The van der Waals surface area contributed by atoms with Gasteiger partial charge in [0.05, 0.1) is 12.3 Å². The number of hydrogen-bond donors (Lipinski definition) is 1. The smallest absolute Gasteiger partial charge is 0.242 e. The van der Waals surface area contributed by atoms with Crippen LogP contribution in [0.5, 0.6) is 5.75 Å². The first-order valence-electron chi connectivity index (χ1n) is 8.67. The van der Waals surface area contributed by atoms with Crippen LogP contribution in [0.4, 0.5) is 10.1 Å². The highest BCUT2D eigenvalue weighted by Crippen LogP contribution is 2.37. The monoisotopic (exact) mass is 381 g/mol. The van der Waals surface area contributed by atoms with E-state index in [9.17, 15) is 9.18 Å². The van der Waals surface area contributed by atoms with Crippen molar-refractivity contribution in [2.24, 2.45) is 0 Å². The molecule has 0 radical (unpaired) electrons. The summed E-state index contributed by atoms with van der Waals surface area (Å²) < 4.78 is 18.8. The van der Waals surface area contributed by atoms with Crippen molar-refractivity contribution in [3.05, 3.63) is 90.2 Å². The summed E-state index contributed by atoms with van der Waals surface area (Å²) in [7, 11) is 0. The molecule has 1 amide bonds. The van der Waals surface area contributed by atoms with Gasteiger partial charge in [0, 0.05) is 4.90 Å². The normalized spacial score (nSPS) is 11.6. The molecular weight excluding hydrogens is 361 g/mol. The maximum Gasteiger partial charge on any atom is 0.242 e. The summed E-state index contributed by atoms with van der Waals surface area (Å²) in [6, 6.07) is 23.0. The summed E-state index contributed by atoms with van der Waals surface area (Å²) in [6.45, 7) is 2.41. The Bertz CT molecular complexity index is 884. The first-order valence-corrected chi connectivity index (χ1v) is 9.55. The number of carbonyl (C=O) groups excluding carboxylic acids is 1. The Morgan fingerprint density at radius 3 is 2.37 bits per heavy atom. The van der Waals surface area contributed by atoms with E-state index in [2.05, 4.69) is 5.32 Å². The predicted molar refractivity (Wildman–Crippen MR) is 108 cm³/mol. The minimum atomic E-state index is -0.480. The molecule has 0 aromatic heterocycles. The highest BCUT2D eigenvalue weighted by Gasteiger charge is 2.23. The van der Waals surface area contributed by atoms with Crippen molar-refractivity contribution >= 4 is 23.4 Å². The van der Waals surface area contributed by atoms with Gasteiger partial charge in [-0.15, -0.1) is 11.8 Å². The number of benzene rings is 3. The lowest BCUT2D eigenvalue weighted by Gasteiger charge is -2.18. The molecule has 27 heavy (non-hydrogen) atoms. The lowest BCUT2D eigenvalue weighted by molar-refractivity contribution is -0.115. The number of thioether (sulfide) groups is 1. The van der Waals surface area contributed by atoms with E-state index in [1.807, 2.05) is 61.5 Å². The second kappa shape index (κ2) is 9.24. The van der Waals surface area contributed by atoms with Gasteiger partial charge in [-0.2, -0.15) is 0 Å². The largest absolute Gasteiger partial charge is 0.492 e. The van der Waals surface area contributed by atoms with E-state index < -0.39 is 5.25 Å². The third kappa shape index (κ3) is 5.11. The molecule has 138 valence electrons. The average Bonchev–Trinajstić information content (AvgIpc) is 2.70. The van der Waals surface area contributed by atoms with E-state index >= 15 is 0 Å². The van der Waals surface area contributed by atoms with Crippen molar-refractivity contribution in [1.29, 1.82) is 0 Å². The predicted octanol–water partition coefficient (Wildman–Crippen LogP) is 5.70. The maximum absolute atomic E-state index is 13.2. The molecule has 0 aliphatic rings. The first kappa shape index (κ1) is 19.0. The summed E-state index contributed by atoms with van der Waals surface area (Å²) in [6.07, 6.45) is 0. The molecule has 5 heteroatoms. The molecule has 1 atom stereocenters. The molecule has 0 saturated carbocycles. The van der Waals surface area contributed by atoms with Crippen LogP contribution in [-0.2, 0) is 4.79 Å². The minimum Gasteiger partial charge on any atom is -0.492 e. The number of carbonyl (C=O) groups is 1. The number of para-hydroxylation sites is 2. The molecule has 0 heterocycles. The van der Waals surface area contributed by atoms with Gasteiger partial charge in [0.25, 0.3) is 0 Å². The molecule has 3 nitrogen and oxygen atoms in total. The zero-order chi connectivity index (χ0) is 19.1. The molecule has 0 bridgehead atoms. The zero-order valence-electron chi connectivity index (χ0n) is 14.9. The molecule has 0 aliphatic carbocycles. The molecule has 0 saturated heterocycles.